The Labute approximate surface area is 160 Å². The zero-order valence-electron chi connectivity index (χ0n) is 15.8. The summed E-state index contributed by atoms with van der Waals surface area (Å²) in [6, 6.07) is 0. The number of hydrogen-bond donors (Lipinski definition) is 2. The summed E-state index contributed by atoms with van der Waals surface area (Å²) < 4.78 is 5.29. The summed E-state index contributed by atoms with van der Waals surface area (Å²) in [7, 11) is 0. The average Bonchev–Trinajstić information content (AvgIpc) is 2.81. The lowest BCUT2D eigenvalue weighted by atomic mass is 10.1. The second-order valence-corrected chi connectivity index (χ2v) is 8.48. The first-order valence-corrected chi connectivity index (χ1v) is 11.0. The third-order valence-electron chi connectivity index (χ3n) is 5.38. The Balaban J connectivity index is 1.75. The Morgan fingerprint density at radius 1 is 1.04 bits per heavy atom. The molecule has 1 aromatic rings. The van der Waals surface area contributed by atoms with Gasteiger partial charge in [-0.3, -0.25) is 4.79 Å². The largest absolute Gasteiger partial charge is 0.462 e. The van der Waals surface area contributed by atoms with E-state index in [1.165, 1.54) is 41.9 Å². The summed E-state index contributed by atoms with van der Waals surface area (Å²) in [5, 5.41) is 3.76. The van der Waals surface area contributed by atoms with E-state index in [0.717, 1.165) is 44.3 Å². The molecule has 0 bridgehead atoms. The third kappa shape index (κ3) is 4.86. The highest BCUT2D eigenvalue weighted by atomic mass is 32.1. The first-order chi connectivity index (χ1) is 12.7. The monoisotopic (exact) mass is 379 g/mol. The van der Waals surface area contributed by atoms with Crippen LogP contribution in [0.1, 0.15) is 72.7 Å². The van der Waals surface area contributed by atoms with Crippen LogP contribution in [0, 0.1) is 0 Å². The van der Waals surface area contributed by atoms with Crippen LogP contribution in [0.25, 0.3) is 0 Å². The van der Waals surface area contributed by atoms with Gasteiger partial charge < -0.3 is 15.0 Å². The van der Waals surface area contributed by atoms with Crippen LogP contribution in [0.2, 0.25) is 0 Å². The van der Waals surface area contributed by atoms with Crippen LogP contribution in [0.3, 0.4) is 0 Å². The Bertz CT molecular complexity index is 633. The number of hydrogen-bond acceptors (Lipinski definition) is 4. The van der Waals surface area contributed by atoms with E-state index in [1.54, 1.807) is 11.3 Å². The molecule has 5 nitrogen and oxygen atoms in total. The number of anilines is 1. The predicted molar refractivity (Wildman–Crippen MR) is 104 cm³/mol. The van der Waals surface area contributed by atoms with Gasteiger partial charge in [-0.05, 0) is 63.9 Å². The molecule has 0 aromatic carbocycles. The quantitative estimate of drug-likeness (QED) is 0.611. The molecule has 2 aliphatic rings. The SMILES string of the molecule is CCOC(=O)c1c(NC(=O)C[NH+]2CCCCCC2)sc2c1CCCCC2. The number of nitrogens with one attached hydrogen (secondary N) is 2. The van der Waals surface area contributed by atoms with Crippen molar-refractivity contribution >= 4 is 28.2 Å². The molecular formula is C20H31N2O3S+. The van der Waals surface area contributed by atoms with Gasteiger partial charge in [-0.25, -0.2) is 4.79 Å². The van der Waals surface area contributed by atoms with Gasteiger partial charge in [-0.2, -0.15) is 0 Å². The summed E-state index contributed by atoms with van der Waals surface area (Å²) in [4.78, 5) is 27.8. The third-order valence-corrected chi connectivity index (χ3v) is 6.58. The number of likely N-dealkylation sites (tertiary alicyclic amines) is 1. The van der Waals surface area contributed by atoms with E-state index < -0.39 is 0 Å². The minimum absolute atomic E-state index is 0.0175. The number of aryl methyl sites for hydroxylation is 1. The number of carbonyl (C=O) groups excluding carboxylic acids is 2. The van der Waals surface area contributed by atoms with Crippen molar-refractivity contribution in [1.82, 2.24) is 0 Å². The number of quaternary nitrogens is 1. The highest BCUT2D eigenvalue weighted by molar-refractivity contribution is 7.17. The van der Waals surface area contributed by atoms with Gasteiger partial charge >= 0.3 is 5.97 Å². The van der Waals surface area contributed by atoms with Gasteiger partial charge in [-0.1, -0.05) is 6.42 Å². The number of amides is 1. The Morgan fingerprint density at radius 2 is 1.73 bits per heavy atom. The minimum atomic E-state index is -0.288. The van der Waals surface area contributed by atoms with E-state index in [0.29, 0.717) is 23.7 Å². The summed E-state index contributed by atoms with van der Waals surface area (Å²) in [5.41, 5.74) is 1.73. The normalized spacial score (nSPS) is 18.5. The van der Waals surface area contributed by atoms with Gasteiger partial charge in [0.1, 0.15) is 5.00 Å². The number of fused-ring (bicyclic) bond motifs is 1. The first-order valence-electron chi connectivity index (χ1n) is 10.1. The number of esters is 1. The molecule has 2 N–H and O–H groups in total. The lowest BCUT2D eigenvalue weighted by Crippen LogP contribution is -3.12. The first kappa shape index (κ1) is 19.4. The van der Waals surface area contributed by atoms with Crippen LogP contribution >= 0.6 is 11.3 Å². The molecule has 0 atom stereocenters. The minimum Gasteiger partial charge on any atom is -0.462 e. The van der Waals surface area contributed by atoms with E-state index in [2.05, 4.69) is 5.32 Å². The second kappa shape index (κ2) is 9.51. The zero-order chi connectivity index (χ0) is 18.4. The highest BCUT2D eigenvalue weighted by Gasteiger charge is 2.27. The molecule has 1 amide bonds. The molecule has 26 heavy (non-hydrogen) atoms. The fourth-order valence-electron chi connectivity index (χ4n) is 4.05. The van der Waals surface area contributed by atoms with E-state index in [-0.39, 0.29) is 11.9 Å². The molecule has 144 valence electrons. The Hall–Kier alpha value is -1.40. The summed E-state index contributed by atoms with van der Waals surface area (Å²) in [6.07, 6.45) is 10.3. The summed E-state index contributed by atoms with van der Waals surface area (Å²) >= 11 is 1.58. The van der Waals surface area contributed by atoms with Crippen molar-refractivity contribution in [2.75, 3.05) is 31.6 Å². The molecule has 6 heteroatoms. The van der Waals surface area contributed by atoms with Crippen LogP contribution in [0.15, 0.2) is 0 Å². The lowest BCUT2D eigenvalue weighted by molar-refractivity contribution is -0.890. The molecule has 0 spiro atoms. The summed E-state index contributed by atoms with van der Waals surface area (Å²) in [6.45, 7) is 4.81. The number of ether oxygens (including phenoxy) is 1. The topological polar surface area (TPSA) is 59.8 Å². The highest BCUT2D eigenvalue weighted by Crippen LogP contribution is 2.37. The molecule has 2 heterocycles. The Morgan fingerprint density at radius 3 is 2.46 bits per heavy atom. The lowest BCUT2D eigenvalue weighted by Gasteiger charge is -2.16. The van der Waals surface area contributed by atoms with E-state index in [9.17, 15) is 9.59 Å². The van der Waals surface area contributed by atoms with Gasteiger partial charge in [0.05, 0.1) is 25.3 Å². The predicted octanol–water partition coefficient (Wildman–Crippen LogP) is 2.59. The van der Waals surface area contributed by atoms with Crippen LogP contribution in [0.4, 0.5) is 5.00 Å². The van der Waals surface area contributed by atoms with Crippen molar-refractivity contribution in [1.29, 1.82) is 0 Å². The second-order valence-electron chi connectivity index (χ2n) is 7.38. The molecule has 1 aromatic heterocycles. The van der Waals surface area contributed by atoms with E-state index in [4.69, 9.17) is 4.74 Å². The van der Waals surface area contributed by atoms with Crippen molar-refractivity contribution in [2.24, 2.45) is 0 Å². The zero-order valence-corrected chi connectivity index (χ0v) is 16.6. The van der Waals surface area contributed by atoms with Crippen molar-refractivity contribution in [3.8, 4) is 0 Å². The molecule has 1 saturated heterocycles. The number of thiophene rings is 1. The van der Waals surface area contributed by atoms with Gasteiger partial charge in [0, 0.05) is 4.88 Å². The molecule has 1 aliphatic heterocycles. The van der Waals surface area contributed by atoms with Gasteiger partial charge in [0.2, 0.25) is 0 Å². The van der Waals surface area contributed by atoms with Crippen molar-refractivity contribution < 1.29 is 19.2 Å². The van der Waals surface area contributed by atoms with Crippen LogP contribution in [-0.4, -0.2) is 38.1 Å². The van der Waals surface area contributed by atoms with Gasteiger partial charge in [0.25, 0.3) is 5.91 Å². The summed E-state index contributed by atoms with van der Waals surface area (Å²) in [5.74, 6) is -0.270. The van der Waals surface area contributed by atoms with E-state index in [1.807, 2.05) is 6.92 Å². The standard InChI is InChI=1S/C20H30N2O3S/c1-2-25-20(24)18-15-10-6-5-7-11-16(15)26-19(18)21-17(23)14-22-12-8-3-4-9-13-22/h2-14H2,1H3,(H,21,23)/p+1. The Kier molecular flexibility index (Phi) is 7.08. The van der Waals surface area contributed by atoms with Crippen LogP contribution in [0.5, 0.6) is 0 Å². The average molecular weight is 380 g/mol. The maximum Gasteiger partial charge on any atom is 0.341 e. The number of carbonyl (C=O) groups is 2. The fourth-order valence-corrected chi connectivity index (χ4v) is 5.35. The fraction of sp³-hybridized carbons (Fsp3) is 0.700. The molecular weight excluding hydrogens is 348 g/mol. The van der Waals surface area contributed by atoms with E-state index >= 15 is 0 Å². The molecule has 0 saturated carbocycles. The molecule has 1 aliphatic carbocycles. The number of rotatable bonds is 5. The smallest absolute Gasteiger partial charge is 0.341 e. The van der Waals surface area contributed by atoms with Crippen molar-refractivity contribution in [2.45, 2.75) is 64.7 Å². The van der Waals surface area contributed by atoms with Gasteiger partial charge in [-0.15, -0.1) is 11.3 Å². The van der Waals surface area contributed by atoms with Crippen LogP contribution in [-0.2, 0) is 22.4 Å². The van der Waals surface area contributed by atoms with Crippen molar-refractivity contribution in [3.63, 3.8) is 0 Å². The molecule has 3 rings (SSSR count). The van der Waals surface area contributed by atoms with Crippen molar-refractivity contribution in [3.05, 3.63) is 16.0 Å². The maximum atomic E-state index is 12.6. The van der Waals surface area contributed by atoms with Crippen LogP contribution < -0.4 is 10.2 Å². The molecule has 0 radical (unpaired) electrons. The molecule has 1 fully saturated rings. The molecule has 0 unspecified atom stereocenters. The maximum absolute atomic E-state index is 12.6. The van der Waals surface area contributed by atoms with Gasteiger partial charge in [0.15, 0.2) is 6.54 Å².